The maximum atomic E-state index is 14.0. The third-order valence-electron chi connectivity index (χ3n) is 6.99. The highest BCUT2D eigenvalue weighted by Crippen LogP contribution is 2.38. The number of rotatable bonds is 9. The number of aromatic nitrogens is 2. The predicted octanol–water partition coefficient (Wildman–Crippen LogP) is 6.03. The fraction of sp³-hybridized carbons (Fsp3) is 0.367. The second-order valence-corrected chi connectivity index (χ2v) is 13.0. The van der Waals surface area contributed by atoms with Crippen LogP contribution in [-0.2, 0) is 27.1 Å². The van der Waals surface area contributed by atoms with Gasteiger partial charge in [-0.2, -0.15) is 0 Å². The normalized spacial score (nSPS) is 14.4. The highest BCUT2D eigenvalue weighted by atomic mass is 32.2. The maximum absolute atomic E-state index is 14.0. The van der Waals surface area contributed by atoms with E-state index in [-0.39, 0.29) is 40.0 Å². The van der Waals surface area contributed by atoms with Gasteiger partial charge in [0.25, 0.3) is 5.56 Å². The molecule has 0 spiro atoms. The lowest BCUT2D eigenvalue weighted by Crippen LogP contribution is -2.23. The molecule has 0 unspecified atom stereocenters. The lowest BCUT2D eigenvalue weighted by molar-refractivity contribution is -0.113. The molecule has 0 bridgehead atoms. The largest absolute Gasteiger partial charge is 0.462 e. The Balaban J connectivity index is 1.47. The molecular weight excluding hydrogens is 595 g/mol. The van der Waals surface area contributed by atoms with Gasteiger partial charge in [-0.15, -0.1) is 22.7 Å². The van der Waals surface area contributed by atoms with Gasteiger partial charge in [-0.25, -0.2) is 14.6 Å². The lowest BCUT2D eigenvalue weighted by atomic mass is 9.89. The third kappa shape index (κ3) is 5.88. The van der Waals surface area contributed by atoms with Gasteiger partial charge in [-0.3, -0.25) is 14.2 Å². The number of anilines is 1. The van der Waals surface area contributed by atoms with Gasteiger partial charge in [0.2, 0.25) is 5.91 Å². The van der Waals surface area contributed by atoms with E-state index in [0.717, 1.165) is 47.9 Å². The molecule has 1 N–H and O–H groups in total. The summed E-state index contributed by atoms with van der Waals surface area (Å²) in [4.78, 5) is 59.4. The lowest BCUT2D eigenvalue weighted by Gasteiger charge is -2.17. The summed E-state index contributed by atoms with van der Waals surface area (Å²) in [5.41, 5.74) is 2.14. The smallest absolute Gasteiger partial charge is 0.348 e. The van der Waals surface area contributed by atoms with Crippen molar-refractivity contribution in [2.75, 3.05) is 24.3 Å². The summed E-state index contributed by atoms with van der Waals surface area (Å²) in [6.45, 7) is 7.54. The molecule has 0 saturated carbocycles. The molecule has 0 saturated heterocycles. The Hall–Kier alpha value is -3.48. The van der Waals surface area contributed by atoms with E-state index in [1.165, 1.54) is 4.88 Å². The monoisotopic (exact) mass is 625 g/mol. The number of amides is 1. The quantitative estimate of drug-likeness (QED) is 0.136. The van der Waals surface area contributed by atoms with Crippen LogP contribution in [0.2, 0.25) is 0 Å². The number of esters is 2. The molecule has 3 heterocycles. The van der Waals surface area contributed by atoms with Crippen LogP contribution < -0.4 is 10.9 Å². The Morgan fingerprint density at radius 2 is 1.81 bits per heavy atom. The molecule has 220 valence electrons. The third-order valence-corrected chi connectivity index (χ3v) is 10.3. The van der Waals surface area contributed by atoms with Crippen molar-refractivity contribution in [3.05, 3.63) is 67.1 Å². The van der Waals surface area contributed by atoms with Crippen molar-refractivity contribution < 1.29 is 23.9 Å². The first-order valence-corrected chi connectivity index (χ1v) is 16.4. The van der Waals surface area contributed by atoms with E-state index < -0.39 is 17.8 Å². The van der Waals surface area contributed by atoms with Gasteiger partial charge >= 0.3 is 11.9 Å². The zero-order chi connectivity index (χ0) is 30.0. The van der Waals surface area contributed by atoms with Gasteiger partial charge in [0.15, 0.2) is 5.16 Å². The average Bonchev–Trinajstić information content (AvgIpc) is 3.49. The SMILES string of the molecule is CCOC(=O)c1sc(NC(=O)CSc2nc3sc4c(c3c(=O)n2-c2ccccc2)CC[C@H](C)C4)c(C(=O)OCC)c1C. The van der Waals surface area contributed by atoms with Crippen LogP contribution in [0.15, 0.2) is 40.3 Å². The molecule has 0 aliphatic heterocycles. The predicted molar refractivity (Wildman–Crippen MR) is 167 cm³/mol. The van der Waals surface area contributed by atoms with Crippen LogP contribution in [-0.4, -0.2) is 46.4 Å². The van der Waals surface area contributed by atoms with Gasteiger partial charge < -0.3 is 14.8 Å². The van der Waals surface area contributed by atoms with E-state index in [0.29, 0.717) is 32.5 Å². The van der Waals surface area contributed by atoms with Crippen molar-refractivity contribution >= 4 is 67.5 Å². The van der Waals surface area contributed by atoms with Crippen molar-refractivity contribution in [1.82, 2.24) is 9.55 Å². The zero-order valence-electron chi connectivity index (χ0n) is 23.8. The summed E-state index contributed by atoms with van der Waals surface area (Å²) in [6, 6.07) is 9.28. The number of carbonyl (C=O) groups excluding carboxylic acids is 3. The van der Waals surface area contributed by atoms with Gasteiger partial charge in [-0.05, 0) is 69.2 Å². The number of carbonyl (C=O) groups is 3. The second-order valence-electron chi connectivity index (χ2n) is 9.94. The fourth-order valence-electron chi connectivity index (χ4n) is 5.01. The van der Waals surface area contributed by atoms with Gasteiger partial charge in [0, 0.05) is 4.88 Å². The van der Waals surface area contributed by atoms with Crippen LogP contribution >= 0.6 is 34.4 Å². The van der Waals surface area contributed by atoms with E-state index in [9.17, 15) is 19.2 Å². The summed E-state index contributed by atoms with van der Waals surface area (Å²) >= 11 is 3.67. The Morgan fingerprint density at radius 1 is 1.10 bits per heavy atom. The first kappa shape index (κ1) is 30.0. The number of hydrogen-bond donors (Lipinski definition) is 1. The fourth-order valence-corrected chi connectivity index (χ4v) is 8.35. The first-order valence-electron chi connectivity index (χ1n) is 13.8. The number of benzene rings is 1. The van der Waals surface area contributed by atoms with Crippen LogP contribution in [0.4, 0.5) is 5.00 Å². The molecule has 42 heavy (non-hydrogen) atoms. The Bertz CT molecular complexity index is 1720. The molecule has 0 fully saturated rings. The number of thiophene rings is 2. The van der Waals surface area contributed by atoms with Crippen molar-refractivity contribution in [3.63, 3.8) is 0 Å². The van der Waals surface area contributed by atoms with E-state index in [1.807, 2.05) is 30.3 Å². The number of hydrogen-bond acceptors (Lipinski definition) is 10. The highest BCUT2D eigenvalue weighted by molar-refractivity contribution is 7.99. The zero-order valence-corrected chi connectivity index (χ0v) is 26.2. The average molecular weight is 626 g/mol. The number of aryl methyl sites for hydroxylation is 1. The number of fused-ring (bicyclic) bond motifs is 3. The summed E-state index contributed by atoms with van der Waals surface area (Å²) < 4.78 is 11.9. The number of nitrogens with zero attached hydrogens (tertiary/aromatic N) is 2. The summed E-state index contributed by atoms with van der Waals surface area (Å²) in [7, 11) is 0. The molecule has 9 nitrogen and oxygen atoms in total. The molecule has 1 aliphatic carbocycles. The van der Waals surface area contributed by atoms with Gasteiger partial charge in [0.05, 0.1) is 35.6 Å². The molecule has 4 aromatic rings. The van der Waals surface area contributed by atoms with Crippen molar-refractivity contribution in [3.8, 4) is 5.69 Å². The van der Waals surface area contributed by atoms with Crippen LogP contribution in [0.3, 0.4) is 0 Å². The molecule has 1 aromatic carbocycles. The minimum absolute atomic E-state index is 0.0825. The minimum atomic E-state index is -0.634. The highest BCUT2D eigenvalue weighted by Gasteiger charge is 2.28. The first-order chi connectivity index (χ1) is 20.2. The molecule has 5 rings (SSSR count). The number of thioether (sulfide) groups is 1. The maximum Gasteiger partial charge on any atom is 0.348 e. The Kier molecular flexibility index (Phi) is 9.14. The number of para-hydroxylation sites is 1. The second kappa shape index (κ2) is 12.8. The molecule has 0 radical (unpaired) electrons. The van der Waals surface area contributed by atoms with Crippen LogP contribution in [0.25, 0.3) is 15.9 Å². The van der Waals surface area contributed by atoms with E-state index in [4.69, 9.17) is 14.5 Å². The standard InChI is InChI=1S/C30H31N3O6S3/c1-5-38-28(36)22-17(4)24(29(37)39-6-2)42-25(22)31-21(34)15-40-30-32-26-23(19-13-12-16(3)14-20(19)41-26)27(35)33(30)18-10-8-7-9-11-18/h7-11,16H,5-6,12-15H2,1-4H3,(H,31,34)/t16-/m0/s1. The van der Waals surface area contributed by atoms with Gasteiger partial charge in [-0.1, -0.05) is 36.9 Å². The minimum Gasteiger partial charge on any atom is -0.462 e. The summed E-state index contributed by atoms with van der Waals surface area (Å²) in [5.74, 6) is -1.15. The van der Waals surface area contributed by atoms with Crippen molar-refractivity contribution in [1.29, 1.82) is 0 Å². The number of nitrogens with one attached hydrogen (secondary N) is 1. The van der Waals surface area contributed by atoms with E-state index in [2.05, 4.69) is 12.2 Å². The van der Waals surface area contributed by atoms with Crippen LogP contribution in [0.5, 0.6) is 0 Å². The molecule has 1 atom stereocenters. The van der Waals surface area contributed by atoms with Gasteiger partial charge in [0.1, 0.15) is 14.7 Å². The molecule has 1 amide bonds. The Labute approximate surface area is 255 Å². The molecule has 3 aromatic heterocycles. The van der Waals surface area contributed by atoms with E-state index in [1.54, 1.807) is 36.7 Å². The van der Waals surface area contributed by atoms with Crippen molar-refractivity contribution in [2.45, 2.75) is 52.1 Å². The number of ether oxygens (including phenoxy) is 2. The van der Waals surface area contributed by atoms with Crippen molar-refractivity contribution in [2.24, 2.45) is 5.92 Å². The summed E-state index contributed by atoms with van der Waals surface area (Å²) in [6.07, 6.45) is 2.82. The summed E-state index contributed by atoms with van der Waals surface area (Å²) in [5, 5.41) is 4.05. The van der Waals surface area contributed by atoms with Crippen LogP contribution in [0.1, 0.15) is 63.2 Å². The Morgan fingerprint density at radius 3 is 2.52 bits per heavy atom. The molecule has 1 aliphatic rings. The van der Waals surface area contributed by atoms with Crippen LogP contribution in [0, 0.1) is 12.8 Å². The molecule has 12 heteroatoms. The van der Waals surface area contributed by atoms with E-state index >= 15 is 0 Å². The topological polar surface area (TPSA) is 117 Å². The molecular formula is C30H31N3O6S3.